The Balaban J connectivity index is 1.67. The number of allylic oxidation sites excluding steroid dienone is 2. The van der Waals surface area contributed by atoms with E-state index in [1.54, 1.807) is 0 Å². The van der Waals surface area contributed by atoms with Crippen molar-refractivity contribution in [2.45, 2.75) is 51.3 Å². The molecule has 1 aromatic carbocycles. The summed E-state index contributed by atoms with van der Waals surface area (Å²) in [4.78, 5) is 14.5. The van der Waals surface area contributed by atoms with Gasteiger partial charge in [0.05, 0.1) is 6.04 Å². The minimum Gasteiger partial charge on any atom is -0.445 e. The monoisotopic (exact) mass is 297 g/mol. The van der Waals surface area contributed by atoms with Gasteiger partial charge in [-0.2, -0.15) is 0 Å². The van der Waals surface area contributed by atoms with Gasteiger partial charge in [0.1, 0.15) is 6.61 Å². The predicted molar refractivity (Wildman–Crippen MR) is 87.4 cm³/mol. The fraction of sp³-hybridized carbons (Fsp3) is 0.421. The molecule has 1 fully saturated rings. The Hall–Kier alpha value is -2.03. The number of carbonyl (C=O) groups excluding carboxylic acids is 1. The smallest absolute Gasteiger partial charge is 0.410 e. The highest BCUT2D eigenvalue weighted by Crippen LogP contribution is 2.34. The van der Waals surface area contributed by atoms with Crippen LogP contribution in [-0.2, 0) is 11.3 Å². The summed E-state index contributed by atoms with van der Waals surface area (Å²) in [6.07, 6.45) is 10.6. The Morgan fingerprint density at radius 2 is 2.14 bits per heavy atom. The summed E-state index contributed by atoms with van der Waals surface area (Å²) in [5, 5.41) is 0. The zero-order chi connectivity index (χ0) is 15.4. The number of rotatable bonds is 3. The van der Waals surface area contributed by atoms with Gasteiger partial charge in [0.25, 0.3) is 0 Å². The maximum absolute atomic E-state index is 12.5. The average molecular weight is 297 g/mol. The molecule has 2 atom stereocenters. The molecule has 0 radical (unpaired) electrons. The Bertz CT molecular complexity index is 576. The van der Waals surface area contributed by atoms with Crippen molar-refractivity contribution in [2.75, 3.05) is 0 Å². The minimum atomic E-state index is -0.172. The highest BCUT2D eigenvalue weighted by molar-refractivity contribution is 5.69. The van der Waals surface area contributed by atoms with E-state index in [4.69, 9.17) is 4.74 Å². The molecule has 22 heavy (non-hydrogen) atoms. The van der Waals surface area contributed by atoms with Crippen molar-refractivity contribution in [1.29, 1.82) is 0 Å². The highest BCUT2D eigenvalue weighted by atomic mass is 16.6. The van der Waals surface area contributed by atoms with Gasteiger partial charge < -0.3 is 4.74 Å². The molecule has 1 aromatic rings. The summed E-state index contributed by atoms with van der Waals surface area (Å²) in [6, 6.07) is 10.3. The van der Waals surface area contributed by atoms with Crippen LogP contribution < -0.4 is 0 Å². The summed E-state index contributed by atoms with van der Waals surface area (Å²) in [5.41, 5.74) is 2.38. The number of hydrogen-bond acceptors (Lipinski definition) is 2. The molecule has 1 amide bonds. The van der Waals surface area contributed by atoms with Gasteiger partial charge in [-0.1, -0.05) is 48.6 Å². The van der Waals surface area contributed by atoms with E-state index in [9.17, 15) is 4.79 Å². The van der Waals surface area contributed by atoms with Crippen molar-refractivity contribution in [1.82, 2.24) is 4.90 Å². The van der Waals surface area contributed by atoms with Gasteiger partial charge in [-0.15, -0.1) is 0 Å². The van der Waals surface area contributed by atoms with Crippen LogP contribution in [0.5, 0.6) is 0 Å². The van der Waals surface area contributed by atoms with Crippen LogP contribution in [0.4, 0.5) is 4.79 Å². The molecule has 3 rings (SSSR count). The van der Waals surface area contributed by atoms with Crippen LogP contribution in [0.1, 0.15) is 38.2 Å². The normalized spacial score (nSPS) is 24.2. The van der Waals surface area contributed by atoms with Crippen LogP contribution in [0.25, 0.3) is 0 Å². The SMILES string of the molecule is C/C=C\C1=CC2CCCC(C1)N2C(=O)OCc1ccccc1. The number of amides is 1. The summed E-state index contributed by atoms with van der Waals surface area (Å²) in [7, 11) is 0. The predicted octanol–water partition coefficient (Wildman–Crippen LogP) is 4.45. The van der Waals surface area contributed by atoms with Crippen LogP contribution >= 0.6 is 0 Å². The number of benzene rings is 1. The standard InChI is InChI=1S/C19H23NO2/c1-2-7-16-12-17-10-6-11-18(13-16)20(17)19(21)22-14-15-8-4-3-5-9-15/h2-5,7-9,12,17-18H,6,10-11,13-14H2,1H3/b7-2-. The molecule has 1 saturated heterocycles. The lowest BCUT2D eigenvalue weighted by Gasteiger charge is -2.43. The molecule has 2 bridgehead atoms. The van der Waals surface area contributed by atoms with E-state index in [1.165, 1.54) is 12.0 Å². The van der Waals surface area contributed by atoms with E-state index in [1.807, 2.05) is 42.2 Å². The van der Waals surface area contributed by atoms with Gasteiger partial charge in [0.2, 0.25) is 0 Å². The van der Waals surface area contributed by atoms with Crippen molar-refractivity contribution in [2.24, 2.45) is 0 Å². The summed E-state index contributed by atoms with van der Waals surface area (Å²) >= 11 is 0. The number of hydrogen-bond donors (Lipinski definition) is 0. The third-order valence-corrected chi connectivity index (χ3v) is 4.46. The first-order chi connectivity index (χ1) is 10.8. The van der Waals surface area contributed by atoms with Crippen molar-refractivity contribution in [3.05, 3.63) is 59.7 Å². The molecule has 3 nitrogen and oxygen atoms in total. The fourth-order valence-electron chi connectivity index (χ4n) is 3.48. The fourth-order valence-corrected chi connectivity index (χ4v) is 3.48. The second-order valence-electron chi connectivity index (χ2n) is 6.05. The number of fused-ring (bicyclic) bond motifs is 2. The molecule has 0 aromatic heterocycles. The quantitative estimate of drug-likeness (QED) is 0.824. The molecule has 2 aliphatic rings. The van der Waals surface area contributed by atoms with Gasteiger partial charge in [-0.05, 0) is 43.7 Å². The Morgan fingerprint density at radius 1 is 1.32 bits per heavy atom. The van der Waals surface area contributed by atoms with E-state index in [2.05, 4.69) is 18.2 Å². The van der Waals surface area contributed by atoms with Crippen LogP contribution in [0.3, 0.4) is 0 Å². The van der Waals surface area contributed by atoms with E-state index >= 15 is 0 Å². The van der Waals surface area contributed by atoms with Crippen molar-refractivity contribution >= 4 is 6.09 Å². The molecule has 0 saturated carbocycles. The molecule has 2 unspecified atom stereocenters. The summed E-state index contributed by atoms with van der Waals surface area (Å²) < 4.78 is 5.54. The maximum atomic E-state index is 12.5. The van der Waals surface area contributed by atoms with Gasteiger partial charge in [0, 0.05) is 6.04 Å². The zero-order valence-electron chi connectivity index (χ0n) is 13.1. The molecule has 3 heteroatoms. The molecular formula is C19H23NO2. The number of ether oxygens (including phenoxy) is 1. The summed E-state index contributed by atoms with van der Waals surface area (Å²) in [6.45, 7) is 2.39. The van der Waals surface area contributed by atoms with Crippen LogP contribution in [-0.4, -0.2) is 23.1 Å². The molecule has 0 aliphatic carbocycles. The molecular weight excluding hydrogens is 274 g/mol. The van der Waals surface area contributed by atoms with Crippen LogP contribution in [0, 0.1) is 0 Å². The number of nitrogens with zero attached hydrogens (tertiary/aromatic N) is 1. The highest BCUT2D eigenvalue weighted by Gasteiger charge is 2.37. The summed E-state index contributed by atoms with van der Waals surface area (Å²) in [5.74, 6) is 0. The Labute approximate surface area is 132 Å². The van der Waals surface area contributed by atoms with Crippen molar-refractivity contribution < 1.29 is 9.53 Å². The van der Waals surface area contributed by atoms with E-state index in [0.717, 1.165) is 24.8 Å². The first-order valence-electron chi connectivity index (χ1n) is 8.10. The van der Waals surface area contributed by atoms with Gasteiger partial charge in [0.15, 0.2) is 0 Å². The topological polar surface area (TPSA) is 29.5 Å². The number of piperidine rings is 1. The van der Waals surface area contributed by atoms with E-state index in [-0.39, 0.29) is 12.1 Å². The van der Waals surface area contributed by atoms with Crippen molar-refractivity contribution in [3.63, 3.8) is 0 Å². The minimum absolute atomic E-state index is 0.172. The van der Waals surface area contributed by atoms with E-state index < -0.39 is 0 Å². The second kappa shape index (κ2) is 6.82. The molecule has 116 valence electrons. The second-order valence-corrected chi connectivity index (χ2v) is 6.05. The van der Waals surface area contributed by atoms with Gasteiger partial charge in [-0.25, -0.2) is 4.79 Å². The van der Waals surface area contributed by atoms with E-state index in [0.29, 0.717) is 12.6 Å². The van der Waals surface area contributed by atoms with Crippen LogP contribution in [0.2, 0.25) is 0 Å². The third kappa shape index (κ3) is 3.24. The first-order valence-corrected chi connectivity index (χ1v) is 8.10. The molecule has 0 N–H and O–H groups in total. The Morgan fingerprint density at radius 3 is 2.86 bits per heavy atom. The van der Waals surface area contributed by atoms with Gasteiger partial charge in [-0.3, -0.25) is 4.90 Å². The lowest BCUT2D eigenvalue weighted by molar-refractivity contribution is 0.0488. The van der Waals surface area contributed by atoms with Crippen molar-refractivity contribution in [3.8, 4) is 0 Å². The lowest BCUT2D eigenvalue weighted by Crippen LogP contribution is -2.51. The molecule has 2 aliphatic heterocycles. The zero-order valence-corrected chi connectivity index (χ0v) is 13.1. The first kappa shape index (κ1) is 14.9. The average Bonchev–Trinajstić information content (AvgIpc) is 2.53. The van der Waals surface area contributed by atoms with Crippen LogP contribution in [0.15, 0.2) is 54.1 Å². The Kier molecular flexibility index (Phi) is 4.62. The lowest BCUT2D eigenvalue weighted by atomic mass is 9.85. The molecule has 2 heterocycles. The number of carbonyl (C=O) groups is 1. The molecule has 0 spiro atoms. The largest absolute Gasteiger partial charge is 0.445 e. The van der Waals surface area contributed by atoms with Gasteiger partial charge >= 0.3 is 6.09 Å². The maximum Gasteiger partial charge on any atom is 0.410 e. The third-order valence-electron chi connectivity index (χ3n) is 4.46.